The Morgan fingerprint density at radius 1 is 1.05 bits per heavy atom. The lowest BCUT2D eigenvalue weighted by molar-refractivity contribution is 0.0852. The van der Waals surface area contributed by atoms with Gasteiger partial charge in [-0.15, -0.1) is 11.3 Å². The third kappa shape index (κ3) is 1.74. The molecule has 1 unspecified atom stereocenters. The first-order valence-electron chi connectivity index (χ1n) is 6.58. The van der Waals surface area contributed by atoms with Crippen molar-refractivity contribution in [1.29, 1.82) is 0 Å². The third-order valence-corrected chi connectivity index (χ3v) is 4.67. The maximum absolute atomic E-state index is 12.3. The number of Topliss-reactive ketones (excluding diaryl/α,β-unsaturated/α-hetero) is 1. The van der Waals surface area contributed by atoms with E-state index in [0.29, 0.717) is 17.7 Å². The Morgan fingerprint density at radius 3 is 2.80 bits per heavy atom. The van der Waals surface area contributed by atoms with Gasteiger partial charge in [-0.3, -0.25) is 4.79 Å². The number of para-hydroxylation sites is 1. The molecule has 1 aliphatic heterocycles. The number of ether oxygens (including phenoxy) is 1. The summed E-state index contributed by atoms with van der Waals surface area (Å²) in [5, 5.41) is 3.30. The van der Waals surface area contributed by atoms with Gasteiger partial charge in [0.25, 0.3) is 0 Å². The molecular formula is C17H12O2S. The topological polar surface area (TPSA) is 26.3 Å². The van der Waals surface area contributed by atoms with Gasteiger partial charge in [-0.05, 0) is 29.0 Å². The van der Waals surface area contributed by atoms with Crippen molar-refractivity contribution in [3.05, 3.63) is 65.0 Å². The first kappa shape index (κ1) is 11.7. The summed E-state index contributed by atoms with van der Waals surface area (Å²) in [6.07, 6.45) is 0.242. The Kier molecular flexibility index (Phi) is 2.60. The highest BCUT2D eigenvalue weighted by Gasteiger charge is 2.28. The van der Waals surface area contributed by atoms with Gasteiger partial charge in [0.15, 0.2) is 5.78 Å². The molecule has 0 bridgehead atoms. The highest BCUT2D eigenvalue weighted by molar-refractivity contribution is 7.17. The summed E-state index contributed by atoms with van der Waals surface area (Å²) in [5.41, 5.74) is 1.82. The zero-order valence-electron chi connectivity index (χ0n) is 10.7. The second-order valence-electron chi connectivity index (χ2n) is 4.92. The van der Waals surface area contributed by atoms with Crippen LogP contribution >= 0.6 is 11.3 Å². The fraction of sp³-hybridized carbons (Fsp3) is 0.118. The molecule has 2 nitrogen and oxygen atoms in total. The van der Waals surface area contributed by atoms with Gasteiger partial charge in [-0.1, -0.05) is 30.3 Å². The zero-order valence-corrected chi connectivity index (χ0v) is 11.5. The van der Waals surface area contributed by atoms with Crippen molar-refractivity contribution in [2.75, 3.05) is 0 Å². The van der Waals surface area contributed by atoms with Crippen molar-refractivity contribution < 1.29 is 9.53 Å². The molecule has 0 saturated carbocycles. The molecular weight excluding hydrogens is 268 g/mol. The number of carbonyl (C=O) groups is 1. The summed E-state index contributed by atoms with van der Waals surface area (Å²) in [6.45, 7) is 0. The fourth-order valence-corrected chi connectivity index (χ4v) is 3.70. The average molecular weight is 280 g/mol. The first-order valence-corrected chi connectivity index (χ1v) is 7.46. The second kappa shape index (κ2) is 4.46. The number of carbonyl (C=O) groups excluding carboxylic acids is 1. The van der Waals surface area contributed by atoms with Crippen LogP contribution in [0.1, 0.15) is 28.4 Å². The number of hydrogen-bond donors (Lipinski definition) is 0. The average Bonchev–Trinajstić information content (AvgIpc) is 2.91. The number of hydrogen-bond acceptors (Lipinski definition) is 3. The molecule has 2 heterocycles. The lowest BCUT2D eigenvalue weighted by atomic mass is 9.96. The van der Waals surface area contributed by atoms with Crippen LogP contribution in [0.15, 0.2) is 53.9 Å². The molecule has 4 rings (SSSR count). The van der Waals surface area contributed by atoms with E-state index in [0.717, 1.165) is 5.56 Å². The molecule has 0 saturated heterocycles. The van der Waals surface area contributed by atoms with E-state index in [9.17, 15) is 4.79 Å². The molecule has 0 aliphatic carbocycles. The minimum Gasteiger partial charge on any atom is -0.484 e. The highest BCUT2D eigenvalue weighted by atomic mass is 32.1. The predicted octanol–water partition coefficient (Wildman–Crippen LogP) is 4.61. The maximum atomic E-state index is 12.3. The molecule has 3 aromatic rings. The predicted molar refractivity (Wildman–Crippen MR) is 80.6 cm³/mol. The summed E-state index contributed by atoms with van der Waals surface area (Å²) in [6, 6.07) is 15.7. The van der Waals surface area contributed by atoms with Gasteiger partial charge in [0, 0.05) is 10.3 Å². The molecule has 98 valence electrons. The zero-order chi connectivity index (χ0) is 13.5. The standard InChI is InChI=1S/C17H12O2S/c18-14-9-16(19-15-7-3-1-6-12(14)15)13-10-20-17-8-4-2-5-11(13)17/h1-8,10,16H,9H2. The number of rotatable bonds is 1. The Morgan fingerprint density at radius 2 is 1.85 bits per heavy atom. The lowest BCUT2D eigenvalue weighted by Gasteiger charge is -2.25. The van der Waals surface area contributed by atoms with Crippen molar-refractivity contribution in [1.82, 2.24) is 0 Å². The number of ketones is 1. The minimum absolute atomic E-state index is 0.159. The molecule has 2 aromatic carbocycles. The molecule has 0 N–H and O–H groups in total. The van der Waals surface area contributed by atoms with Gasteiger partial charge in [0.05, 0.1) is 12.0 Å². The smallest absolute Gasteiger partial charge is 0.170 e. The number of benzene rings is 2. The van der Waals surface area contributed by atoms with E-state index in [1.807, 2.05) is 36.4 Å². The molecule has 3 heteroatoms. The number of thiophene rings is 1. The van der Waals surface area contributed by atoms with Crippen LogP contribution in [-0.4, -0.2) is 5.78 Å². The van der Waals surface area contributed by atoms with E-state index >= 15 is 0 Å². The second-order valence-corrected chi connectivity index (χ2v) is 5.83. The van der Waals surface area contributed by atoms with Crippen molar-refractivity contribution in [2.45, 2.75) is 12.5 Å². The molecule has 1 aliphatic rings. The van der Waals surface area contributed by atoms with Gasteiger partial charge < -0.3 is 4.74 Å². The molecule has 0 fully saturated rings. The van der Waals surface area contributed by atoms with Crippen molar-refractivity contribution in [2.24, 2.45) is 0 Å². The van der Waals surface area contributed by atoms with Crippen LogP contribution in [0, 0.1) is 0 Å². The Hall–Kier alpha value is -2.13. The van der Waals surface area contributed by atoms with Crippen molar-refractivity contribution >= 4 is 27.2 Å². The molecule has 0 amide bonds. The van der Waals surface area contributed by atoms with E-state index in [4.69, 9.17) is 4.74 Å². The first-order chi connectivity index (χ1) is 9.83. The van der Waals surface area contributed by atoms with E-state index < -0.39 is 0 Å². The largest absolute Gasteiger partial charge is 0.484 e. The molecule has 0 radical (unpaired) electrons. The summed E-state index contributed by atoms with van der Waals surface area (Å²) < 4.78 is 7.27. The van der Waals surface area contributed by atoms with Crippen LogP contribution in [0.4, 0.5) is 0 Å². The van der Waals surface area contributed by atoms with Crippen molar-refractivity contribution in [3.8, 4) is 5.75 Å². The monoisotopic (exact) mass is 280 g/mol. The van der Waals surface area contributed by atoms with Crippen LogP contribution in [0.3, 0.4) is 0 Å². The normalized spacial score (nSPS) is 17.8. The maximum Gasteiger partial charge on any atom is 0.170 e. The van der Waals surface area contributed by atoms with Gasteiger partial charge in [-0.25, -0.2) is 0 Å². The van der Waals surface area contributed by atoms with E-state index in [2.05, 4.69) is 17.5 Å². The quantitative estimate of drug-likeness (QED) is 0.650. The molecule has 0 spiro atoms. The van der Waals surface area contributed by atoms with Crippen molar-refractivity contribution in [3.63, 3.8) is 0 Å². The number of fused-ring (bicyclic) bond motifs is 2. The Bertz CT molecular complexity index is 803. The summed E-state index contributed by atoms with van der Waals surface area (Å²) in [7, 11) is 0. The van der Waals surface area contributed by atoms with Gasteiger partial charge in [0.1, 0.15) is 11.9 Å². The van der Waals surface area contributed by atoms with E-state index in [-0.39, 0.29) is 11.9 Å². The Labute approximate surface area is 120 Å². The Balaban J connectivity index is 1.80. The molecule has 20 heavy (non-hydrogen) atoms. The minimum atomic E-state index is -0.173. The van der Waals surface area contributed by atoms with Crippen LogP contribution in [-0.2, 0) is 0 Å². The van der Waals surface area contributed by atoms with Crippen LogP contribution in [0.25, 0.3) is 10.1 Å². The van der Waals surface area contributed by atoms with Gasteiger partial charge in [0.2, 0.25) is 0 Å². The highest BCUT2D eigenvalue weighted by Crippen LogP contribution is 2.39. The van der Waals surface area contributed by atoms with Gasteiger partial charge >= 0.3 is 0 Å². The van der Waals surface area contributed by atoms with E-state index in [1.54, 1.807) is 11.3 Å². The van der Waals surface area contributed by atoms with Crippen LogP contribution < -0.4 is 4.74 Å². The van der Waals surface area contributed by atoms with Gasteiger partial charge in [-0.2, -0.15) is 0 Å². The van der Waals surface area contributed by atoms with Crippen LogP contribution in [0.2, 0.25) is 0 Å². The third-order valence-electron chi connectivity index (χ3n) is 3.69. The SMILES string of the molecule is O=C1CC(c2csc3ccccc23)Oc2ccccc21. The summed E-state index contributed by atoms with van der Waals surface area (Å²) in [4.78, 5) is 12.3. The van der Waals surface area contributed by atoms with E-state index in [1.165, 1.54) is 10.1 Å². The lowest BCUT2D eigenvalue weighted by Crippen LogP contribution is -2.19. The fourth-order valence-electron chi connectivity index (χ4n) is 2.69. The summed E-state index contributed by atoms with van der Waals surface area (Å²) >= 11 is 1.70. The molecule has 1 atom stereocenters. The van der Waals surface area contributed by atoms with Crippen LogP contribution in [0.5, 0.6) is 5.75 Å². The molecule has 1 aromatic heterocycles. The summed E-state index contributed by atoms with van der Waals surface area (Å²) in [5.74, 6) is 0.858.